The van der Waals surface area contributed by atoms with E-state index in [9.17, 15) is 9.59 Å². The number of rotatable bonds is 4. The molecule has 98 valence electrons. The molecule has 0 spiro atoms. The molecule has 1 atom stereocenters. The van der Waals surface area contributed by atoms with Crippen LogP contribution in [0.1, 0.15) is 11.1 Å². The largest absolute Gasteiger partial charge is 0.495 e. The molecule has 6 heteroatoms. The van der Waals surface area contributed by atoms with Crippen molar-refractivity contribution in [2.75, 3.05) is 12.4 Å². The third-order valence-corrected chi connectivity index (χ3v) is 2.46. The fourth-order valence-corrected chi connectivity index (χ4v) is 1.56. The van der Waals surface area contributed by atoms with Crippen LogP contribution in [-0.4, -0.2) is 30.1 Å². The number of carbonyl (C=O) groups is 2. The Morgan fingerprint density at radius 1 is 1.39 bits per heavy atom. The topological polar surface area (TPSA) is 102 Å². The maximum atomic E-state index is 11.6. The number of nitrogens with two attached hydrogens (primary N) is 1. The van der Waals surface area contributed by atoms with E-state index in [1.807, 2.05) is 13.0 Å². The summed E-state index contributed by atoms with van der Waals surface area (Å²) in [5.74, 6) is -1.69. The van der Waals surface area contributed by atoms with Crippen LogP contribution in [0.25, 0.3) is 0 Å². The number of hydrogen-bond donors (Lipinski definition) is 3. The molecule has 0 aliphatic heterocycles. The van der Waals surface area contributed by atoms with Crippen LogP contribution in [0.5, 0.6) is 5.75 Å². The second-order valence-electron chi connectivity index (χ2n) is 3.96. The minimum absolute atomic E-state index is 0.435. The van der Waals surface area contributed by atoms with Crippen molar-refractivity contribution in [3.63, 3.8) is 0 Å². The van der Waals surface area contributed by atoms with Gasteiger partial charge in [0.15, 0.2) is 6.04 Å². The number of amides is 1. The number of carboxylic acid groups (broad SMARTS) is 1. The smallest absolute Gasteiger partial charge is 0.330 e. The lowest BCUT2D eigenvalue weighted by Gasteiger charge is -2.15. The summed E-state index contributed by atoms with van der Waals surface area (Å²) in [6, 6.07) is 2.00. The van der Waals surface area contributed by atoms with Gasteiger partial charge in [-0.05, 0) is 31.0 Å². The number of ether oxygens (including phenoxy) is 1. The Morgan fingerprint density at radius 2 is 2.00 bits per heavy atom. The SMILES string of the molecule is COc1cc(C)cc(C)c1NC(=O)C(N)C(=O)O. The Bertz CT molecular complexity index is 485. The maximum absolute atomic E-state index is 11.6. The van der Waals surface area contributed by atoms with Gasteiger partial charge >= 0.3 is 5.97 Å². The molecule has 4 N–H and O–H groups in total. The van der Waals surface area contributed by atoms with Crippen LogP contribution in [0.4, 0.5) is 5.69 Å². The zero-order chi connectivity index (χ0) is 13.9. The van der Waals surface area contributed by atoms with Gasteiger partial charge in [-0.3, -0.25) is 4.79 Å². The van der Waals surface area contributed by atoms with Gasteiger partial charge in [0, 0.05) is 0 Å². The highest BCUT2D eigenvalue weighted by Crippen LogP contribution is 2.29. The number of hydrogen-bond acceptors (Lipinski definition) is 4. The van der Waals surface area contributed by atoms with Crippen molar-refractivity contribution >= 4 is 17.6 Å². The van der Waals surface area contributed by atoms with Gasteiger partial charge < -0.3 is 20.9 Å². The minimum Gasteiger partial charge on any atom is -0.495 e. The molecular weight excluding hydrogens is 236 g/mol. The van der Waals surface area contributed by atoms with Crippen LogP contribution >= 0.6 is 0 Å². The molecule has 0 saturated carbocycles. The van der Waals surface area contributed by atoms with Gasteiger partial charge in [-0.2, -0.15) is 0 Å². The number of benzene rings is 1. The molecule has 1 aromatic carbocycles. The van der Waals surface area contributed by atoms with Crippen molar-refractivity contribution in [1.82, 2.24) is 0 Å². The van der Waals surface area contributed by atoms with E-state index in [1.54, 1.807) is 13.0 Å². The van der Waals surface area contributed by atoms with E-state index in [4.69, 9.17) is 15.6 Å². The summed E-state index contributed by atoms with van der Waals surface area (Å²) in [5.41, 5.74) is 7.41. The van der Waals surface area contributed by atoms with Gasteiger partial charge in [-0.15, -0.1) is 0 Å². The normalized spacial score (nSPS) is 11.8. The zero-order valence-corrected chi connectivity index (χ0v) is 10.5. The number of carbonyl (C=O) groups excluding carboxylic acids is 1. The fourth-order valence-electron chi connectivity index (χ4n) is 1.56. The lowest BCUT2D eigenvalue weighted by atomic mass is 10.1. The molecule has 0 aliphatic carbocycles. The summed E-state index contributed by atoms with van der Waals surface area (Å²) >= 11 is 0. The highest BCUT2D eigenvalue weighted by Gasteiger charge is 2.22. The van der Waals surface area contributed by atoms with Gasteiger partial charge in [-0.1, -0.05) is 6.07 Å². The van der Waals surface area contributed by atoms with E-state index in [0.29, 0.717) is 11.4 Å². The minimum atomic E-state index is -1.60. The van der Waals surface area contributed by atoms with E-state index >= 15 is 0 Å². The van der Waals surface area contributed by atoms with Gasteiger partial charge in [0.2, 0.25) is 0 Å². The summed E-state index contributed by atoms with van der Waals surface area (Å²) < 4.78 is 5.15. The monoisotopic (exact) mass is 252 g/mol. The quantitative estimate of drug-likeness (QED) is 0.683. The molecule has 1 aromatic rings. The maximum Gasteiger partial charge on any atom is 0.330 e. The Labute approximate surface area is 105 Å². The van der Waals surface area contributed by atoms with Crippen molar-refractivity contribution in [3.05, 3.63) is 23.3 Å². The summed E-state index contributed by atoms with van der Waals surface area (Å²) in [6.45, 7) is 3.68. The highest BCUT2D eigenvalue weighted by atomic mass is 16.5. The molecule has 18 heavy (non-hydrogen) atoms. The highest BCUT2D eigenvalue weighted by molar-refractivity contribution is 6.08. The van der Waals surface area contributed by atoms with Crippen molar-refractivity contribution in [1.29, 1.82) is 0 Å². The average molecular weight is 252 g/mol. The molecule has 0 heterocycles. The van der Waals surface area contributed by atoms with E-state index < -0.39 is 17.9 Å². The number of aliphatic carboxylic acids is 1. The van der Waals surface area contributed by atoms with Crippen LogP contribution in [-0.2, 0) is 9.59 Å². The Hall–Kier alpha value is -2.08. The van der Waals surface area contributed by atoms with Gasteiger partial charge in [0.1, 0.15) is 5.75 Å². The first-order chi connectivity index (χ1) is 8.36. The molecule has 1 unspecified atom stereocenters. The molecule has 0 aliphatic rings. The van der Waals surface area contributed by atoms with Crippen LogP contribution in [0.15, 0.2) is 12.1 Å². The fraction of sp³-hybridized carbons (Fsp3) is 0.333. The van der Waals surface area contributed by atoms with Gasteiger partial charge in [0.05, 0.1) is 12.8 Å². The van der Waals surface area contributed by atoms with Crippen molar-refractivity contribution in [2.24, 2.45) is 5.73 Å². The summed E-state index contributed by atoms with van der Waals surface area (Å²) in [4.78, 5) is 22.2. The van der Waals surface area contributed by atoms with E-state index in [-0.39, 0.29) is 0 Å². The second kappa shape index (κ2) is 5.50. The van der Waals surface area contributed by atoms with E-state index in [1.165, 1.54) is 7.11 Å². The standard InChI is InChI=1S/C12H16N2O4/c1-6-4-7(2)10(8(5-6)18-3)14-11(15)9(13)12(16)17/h4-5,9H,13H2,1-3H3,(H,14,15)(H,16,17). The molecule has 0 bridgehead atoms. The van der Waals surface area contributed by atoms with Crippen LogP contribution < -0.4 is 15.8 Å². The molecule has 0 aromatic heterocycles. The van der Waals surface area contributed by atoms with E-state index in [0.717, 1.165) is 11.1 Å². The predicted molar refractivity (Wildman–Crippen MR) is 66.7 cm³/mol. The van der Waals surface area contributed by atoms with Crippen molar-refractivity contribution in [2.45, 2.75) is 19.9 Å². The van der Waals surface area contributed by atoms with Gasteiger partial charge in [0.25, 0.3) is 5.91 Å². The van der Waals surface area contributed by atoms with Gasteiger partial charge in [-0.25, -0.2) is 4.79 Å². The van der Waals surface area contributed by atoms with Crippen LogP contribution in [0.3, 0.4) is 0 Å². The molecule has 6 nitrogen and oxygen atoms in total. The molecule has 0 fully saturated rings. The Balaban J connectivity index is 3.04. The first-order valence-electron chi connectivity index (χ1n) is 5.31. The molecule has 1 amide bonds. The number of nitrogens with one attached hydrogen (secondary N) is 1. The number of methoxy groups -OCH3 is 1. The summed E-state index contributed by atoms with van der Waals surface area (Å²) in [7, 11) is 1.47. The molecule has 0 saturated heterocycles. The predicted octanol–water partition coefficient (Wildman–Crippen LogP) is 0.662. The Kier molecular flexibility index (Phi) is 4.28. The van der Waals surface area contributed by atoms with Crippen molar-refractivity contribution in [3.8, 4) is 5.75 Å². The van der Waals surface area contributed by atoms with Crippen molar-refractivity contribution < 1.29 is 19.4 Å². The number of aryl methyl sites for hydroxylation is 2. The summed E-state index contributed by atoms with van der Waals surface area (Å²) in [6.07, 6.45) is 0. The summed E-state index contributed by atoms with van der Waals surface area (Å²) in [5, 5.41) is 11.1. The van der Waals surface area contributed by atoms with Crippen LogP contribution in [0, 0.1) is 13.8 Å². The first-order valence-corrected chi connectivity index (χ1v) is 5.31. The third-order valence-electron chi connectivity index (χ3n) is 2.46. The third kappa shape index (κ3) is 2.98. The second-order valence-corrected chi connectivity index (χ2v) is 3.96. The Morgan fingerprint density at radius 3 is 2.50 bits per heavy atom. The lowest BCUT2D eigenvalue weighted by Crippen LogP contribution is -2.42. The van der Waals surface area contributed by atoms with E-state index in [2.05, 4.69) is 5.32 Å². The number of anilines is 1. The zero-order valence-electron chi connectivity index (χ0n) is 10.5. The molecular formula is C12H16N2O4. The van der Waals surface area contributed by atoms with Crippen LogP contribution in [0.2, 0.25) is 0 Å². The number of carboxylic acids is 1. The first kappa shape index (κ1) is 14.0. The molecule has 0 radical (unpaired) electrons. The molecule has 1 rings (SSSR count). The average Bonchev–Trinajstić information content (AvgIpc) is 2.30. The lowest BCUT2D eigenvalue weighted by molar-refractivity contribution is -0.141.